The molecule has 0 saturated heterocycles. The van der Waals surface area contributed by atoms with Gasteiger partial charge in [-0.15, -0.1) is 0 Å². The zero-order valence-electron chi connectivity index (χ0n) is 8.60. The summed E-state index contributed by atoms with van der Waals surface area (Å²) in [4.78, 5) is 11.0. The molecule has 0 saturated carbocycles. The molecule has 1 aromatic rings. The van der Waals surface area contributed by atoms with Gasteiger partial charge in [0, 0.05) is 11.3 Å². The fourth-order valence-corrected chi connectivity index (χ4v) is 1.69. The van der Waals surface area contributed by atoms with Crippen molar-refractivity contribution in [1.82, 2.24) is 0 Å². The molecule has 84 valence electrons. The Balaban J connectivity index is 2.53. The van der Waals surface area contributed by atoms with Gasteiger partial charge in [-0.1, -0.05) is 18.2 Å². The lowest BCUT2D eigenvalue weighted by Gasteiger charge is -2.25. The fourth-order valence-electron chi connectivity index (χ4n) is 1.69. The second-order valence-electron chi connectivity index (χ2n) is 3.37. The van der Waals surface area contributed by atoms with E-state index in [1.165, 1.54) is 7.11 Å². The number of benzene rings is 1. The summed E-state index contributed by atoms with van der Waals surface area (Å²) in [5, 5.41) is 21.8. The number of aliphatic hydroxyl groups excluding tert-OH is 1. The van der Waals surface area contributed by atoms with Gasteiger partial charge in [-0.05, 0) is 6.07 Å². The van der Waals surface area contributed by atoms with E-state index in [-0.39, 0.29) is 11.5 Å². The van der Waals surface area contributed by atoms with Gasteiger partial charge >= 0.3 is 5.97 Å². The van der Waals surface area contributed by atoms with E-state index in [0.29, 0.717) is 11.3 Å². The molecule has 0 radical (unpaired) electrons. The Hall–Kier alpha value is -2.01. The normalized spacial score (nSPS) is 18.8. The molecular weight excluding hydrogens is 210 g/mol. The van der Waals surface area contributed by atoms with Crippen molar-refractivity contribution in [3.63, 3.8) is 0 Å². The van der Waals surface area contributed by atoms with Crippen LogP contribution in [0.1, 0.15) is 11.7 Å². The van der Waals surface area contributed by atoms with Crippen molar-refractivity contribution in [2.45, 2.75) is 6.10 Å². The third-order valence-electron chi connectivity index (χ3n) is 2.46. The quantitative estimate of drug-likeness (QED) is 0.696. The number of para-hydroxylation sites is 1. The lowest BCUT2D eigenvalue weighted by atomic mass is 9.97. The predicted molar refractivity (Wildman–Crippen MR) is 56.7 cm³/mol. The van der Waals surface area contributed by atoms with Crippen molar-refractivity contribution in [2.24, 2.45) is 0 Å². The number of anilines is 1. The summed E-state index contributed by atoms with van der Waals surface area (Å²) in [6.07, 6.45) is -1.18. The maximum Gasteiger partial charge on any atom is 0.340 e. The molecule has 1 heterocycles. The number of ether oxygens (including phenoxy) is 1. The highest BCUT2D eigenvalue weighted by molar-refractivity contribution is 5.91. The van der Waals surface area contributed by atoms with E-state index >= 15 is 0 Å². The molecule has 0 spiro atoms. The highest BCUT2D eigenvalue weighted by atomic mass is 16.5. The Bertz CT molecular complexity index is 467. The van der Waals surface area contributed by atoms with Crippen LogP contribution >= 0.6 is 0 Å². The standard InChI is InChI=1S/C11H11NO4/c1-16-10-8(11(14)15)9(13)6-4-2-3-5-7(6)12-10/h2-5,9,12-13H,1H3,(H,14,15). The van der Waals surface area contributed by atoms with Crippen LogP contribution in [-0.2, 0) is 9.53 Å². The van der Waals surface area contributed by atoms with Gasteiger partial charge in [0.2, 0.25) is 5.88 Å². The first-order valence-corrected chi connectivity index (χ1v) is 4.70. The Morgan fingerprint density at radius 1 is 1.44 bits per heavy atom. The van der Waals surface area contributed by atoms with Crippen LogP contribution in [0.5, 0.6) is 0 Å². The van der Waals surface area contributed by atoms with Crippen molar-refractivity contribution in [3.05, 3.63) is 41.3 Å². The van der Waals surface area contributed by atoms with E-state index in [1.807, 2.05) is 0 Å². The van der Waals surface area contributed by atoms with E-state index in [9.17, 15) is 9.90 Å². The minimum atomic E-state index is -1.20. The molecule has 1 unspecified atom stereocenters. The van der Waals surface area contributed by atoms with E-state index in [4.69, 9.17) is 9.84 Å². The lowest BCUT2D eigenvalue weighted by molar-refractivity contribution is -0.134. The van der Waals surface area contributed by atoms with Crippen LogP contribution < -0.4 is 5.32 Å². The molecule has 1 aromatic carbocycles. The van der Waals surface area contributed by atoms with Crippen LogP contribution in [0.3, 0.4) is 0 Å². The number of carboxylic acids is 1. The summed E-state index contributed by atoms with van der Waals surface area (Å²) in [5.41, 5.74) is 0.999. The number of hydrogen-bond donors (Lipinski definition) is 3. The van der Waals surface area contributed by atoms with Gasteiger partial charge in [0.1, 0.15) is 11.7 Å². The number of carboxylic acid groups (broad SMARTS) is 1. The summed E-state index contributed by atoms with van der Waals surface area (Å²) < 4.78 is 4.92. The molecule has 0 bridgehead atoms. The Morgan fingerprint density at radius 2 is 2.12 bits per heavy atom. The number of hydrogen-bond acceptors (Lipinski definition) is 4. The minimum Gasteiger partial charge on any atom is -0.482 e. The van der Waals surface area contributed by atoms with Gasteiger partial charge in [0.15, 0.2) is 0 Å². The number of aliphatic carboxylic acids is 1. The monoisotopic (exact) mass is 221 g/mol. The SMILES string of the molecule is COC1=C(C(=O)O)C(O)c2ccccc2N1. The van der Waals surface area contributed by atoms with Gasteiger partial charge in [0.25, 0.3) is 0 Å². The van der Waals surface area contributed by atoms with Crippen molar-refractivity contribution in [3.8, 4) is 0 Å². The number of aliphatic hydroxyl groups is 1. The van der Waals surface area contributed by atoms with E-state index in [0.717, 1.165) is 0 Å². The summed E-state index contributed by atoms with van der Waals surface area (Å²) in [6, 6.07) is 6.94. The molecule has 0 aliphatic carbocycles. The molecule has 1 atom stereocenters. The maximum atomic E-state index is 11.0. The van der Waals surface area contributed by atoms with Gasteiger partial charge < -0.3 is 20.3 Å². The molecule has 1 aliphatic heterocycles. The Kier molecular flexibility index (Phi) is 2.54. The largest absolute Gasteiger partial charge is 0.482 e. The second-order valence-corrected chi connectivity index (χ2v) is 3.37. The average Bonchev–Trinajstić information content (AvgIpc) is 2.28. The number of methoxy groups -OCH3 is 1. The van der Waals surface area contributed by atoms with Crippen LogP contribution in [-0.4, -0.2) is 23.3 Å². The first kappa shape index (κ1) is 10.5. The van der Waals surface area contributed by atoms with E-state index in [1.54, 1.807) is 24.3 Å². The number of fused-ring (bicyclic) bond motifs is 1. The summed E-state index contributed by atoms with van der Waals surface area (Å²) in [5.74, 6) is -1.13. The predicted octanol–water partition coefficient (Wildman–Crippen LogP) is 1.09. The molecule has 5 heteroatoms. The van der Waals surface area contributed by atoms with Crippen LogP contribution in [0.2, 0.25) is 0 Å². The highest BCUT2D eigenvalue weighted by Gasteiger charge is 2.31. The van der Waals surface area contributed by atoms with Gasteiger partial charge in [-0.25, -0.2) is 4.79 Å². The first-order chi connectivity index (χ1) is 7.65. The molecule has 0 fully saturated rings. The second kappa shape index (κ2) is 3.86. The molecule has 2 rings (SSSR count). The topological polar surface area (TPSA) is 78.8 Å². The number of carbonyl (C=O) groups is 1. The van der Waals surface area contributed by atoms with Gasteiger partial charge in [-0.3, -0.25) is 0 Å². The molecule has 3 N–H and O–H groups in total. The van der Waals surface area contributed by atoms with Crippen LogP contribution in [0.15, 0.2) is 35.7 Å². The van der Waals surface area contributed by atoms with Gasteiger partial charge in [-0.2, -0.15) is 0 Å². The van der Waals surface area contributed by atoms with Crippen molar-refractivity contribution >= 4 is 11.7 Å². The van der Waals surface area contributed by atoms with Crippen LogP contribution in [0, 0.1) is 0 Å². The highest BCUT2D eigenvalue weighted by Crippen LogP contribution is 2.35. The fraction of sp³-hybridized carbons (Fsp3) is 0.182. The van der Waals surface area contributed by atoms with Gasteiger partial charge in [0.05, 0.1) is 7.11 Å². The molecule has 5 nitrogen and oxygen atoms in total. The third-order valence-corrected chi connectivity index (χ3v) is 2.46. The van der Waals surface area contributed by atoms with E-state index < -0.39 is 12.1 Å². The maximum absolute atomic E-state index is 11.0. The Morgan fingerprint density at radius 3 is 2.75 bits per heavy atom. The van der Waals surface area contributed by atoms with Crippen molar-refractivity contribution < 1.29 is 19.7 Å². The number of rotatable bonds is 2. The summed E-state index contributed by atoms with van der Waals surface area (Å²) in [7, 11) is 1.35. The first-order valence-electron chi connectivity index (χ1n) is 4.70. The van der Waals surface area contributed by atoms with Crippen molar-refractivity contribution in [1.29, 1.82) is 0 Å². The molecule has 0 aromatic heterocycles. The average molecular weight is 221 g/mol. The zero-order valence-corrected chi connectivity index (χ0v) is 8.60. The lowest BCUT2D eigenvalue weighted by Crippen LogP contribution is -2.23. The van der Waals surface area contributed by atoms with Crippen LogP contribution in [0.4, 0.5) is 5.69 Å². The zero-order chi connectivity index (χ0) is 11.7. The Labute approximate surface area is 92.0 Å². The molecule has 0 amide bonds. The van der Waals surface area contributed by atoms with Crippen LogP contribution in [0.25, 0.3) is 0 Å². The smallest absolute Gasteiger partial charge is 0.340 e. The third kappa shape index (κ3) is 1.51. The minimum absolute atomic E-state index is 0.0682. The summed E-state index contributed by atoms with van der Waals surface area (Å²) >= 11 is 0. The van der Waals surface area contributed by atoms with Crippen molar-refractivity contribution in [2.75, 3.05) is 12.4 Å². The molecule has 16 heavy (non-hydrogen) atoms. The summed E-state index contributed by atoms with van der Waals surface area (Å²) in [6.45, 7) is 0. The molecule has 1 aliphatic rings. The van der Waals surface area contributed by atoms with E-state index in [2.05, 4.69) is 5.32 Å². The molecular formula is C11H11NO4. The number of nitrogens with one attached hydrogen (secondary N) is 1.